The molecule has 0 spiro atoms. The predicted octanol–water partition coefficient (Wildman–Crippen LogP) is 2.23. The standard InChI is InChI=1S/C8H5IN2/c9-8-4-3-6-7(11-8)2-1-5-10-6/h1-5H. The zero-order valence-corrected chi connectivity index (χ0v) is 7.82. The zero-order valence-electron chi connectivity index (χ0n) is 5.66. The van der Waals surface area contributed by atoms with Gasteiger partial charge in [-0.05, 0) is 46.9 Å². The van der Waals surface area contributed by atoms with E-state index in [0.29, 0.717) is 0 Å². The Morgan fingerprint density at radius 2 is 2.00 bits per heavy atom. The molecule has 0 aliphatic heterocycles. The molecule has 0 bridgehead atoms. The third kappa shape index (κ3) is 1.33. The minimum atomic E-state index is 0.952. The van der Waals surface area contributed by atoms with E-state index in [-0.39, 0.29) is 0 Å². The maximum Gasteiger partial charge on any atom is 0.102 e. The largest absolute Gasteiger partial charge is 0.255 e. The van der Waals surface area contributed by atoms with Crippen LogP contribution >= 0.6 is 22.6 Å². The fraction of sp³-hybridized carbons (Fsp3) is 0. The number of fused-ring (bicyclic) bond motifs is 1. The van der Waals surface area contributed by atoms with Crippen molar-refractivity contribution in [1.29, 1.82) is 0 Å². The maximum absolute atomic E-state index is 4.30. The summed E-state index contributed by atoms with van der Waals surface area (Å²) in [7, 11) is 0. The summed E-state index contributed by atoms with van der Waals surface area (Å²) in [5, 5.41) is 0. The highest BCUT2D eigenvalue weighted by Crippen LogP contribution is 2.09. The van der Waals surface area contributed by atoms with Crippen LogP contribution in [0.4, 0.5) is 0 Å². The van der Waals surface area contributed by atoms with Crippen LogP contribution in [0.1, 0.15) is 0 Å². The van der Waals surface area contributed by atoms with E-state index >= 15 is 0 Å². The highest BCUT2D eigenvalue weighted by atomic mass is 127. The van der Waals surface area contributed by atoms with Gasteiger partial charge in [-0.25, -0.2) is 4.98 Å². The fourth-order valence-corrected chi connectivity index (χ4v) is 1.37. The third-order valence-electron chi connectivity index (χ3n) is 1.42. The van der Waals surface area contributed by atoms with Gasteiger partial charge in [-0.2, -0.15) is 0 Å². The van der Waals surface area contributed by atoms with Gasteiger partial charge >= 0.3 is 0 Å². The van der Waals surface area contributed by atoms with Crippen LogP contribution in [0.3, 0.4) is 0 Å². The van der Waals surface area contributed by atoms with E-state index in [2.05, 4.69) is 32.6 Å². The number of halogens is 1. The van der Waals surface area contributed by atoms with Gasteiger partial charge in [0.15, 0.2) is 0 Å². The van der Waals surface area contributed by atoms with Crippen LogP contribution in [0.5, 0.6) is 0 Å². The van der Waals surface area contributed by atoms with Gasteiger partial charge in [-0.1, -0.05) is 0 Å². The lowest BCUT2D eigenvalue weighted by Crippen LogP contribution is -1.83. The van der Waals surface area contributed by atoms with Gasteiger partial charge in [0, 0.05) is 6.20 Å². The smallest absolute Gasteiger partial charge is 0.102 e. The lowest BCUT2D eigenvalue weighted by molar-refractivity contribution is 1.30. The van der Waals surface area contributed by atoms with Crippen LogP contribution in [0, 0.1) is 3.70 Å². The van der Waals surface area contributed by atoms with Gasteiger partial charge < -0.3 is 0 Å². The molecule has 54 valence electrons. The fourth-order valence-electron chi connectivity index (χ4n) is 0.932. The van der Waals surface area contributed by atoms with Crippen molar-refractivity contribution >= 4 is 33.6 Å². The van der Waals surface area contributed by atoms with E-state index in [0.717, 1.165) is 14.7 Å². The summed E-state index contributed by atoms with van der Waals surface area (Å²) in [6, 6.07) is 7.79. The van der Waals surface area contributed by atoms with E-state index in [4.69, 9.17) is 0 Å². The lowest BCUT2D eigenvalue weighted by atomic mass is 10.3. The number of nitrogens with zero attached hydrogens (tertiary/aromatic N) is 2. The number of rotatable bonds is 0. The monoisotopic (exact) mass is 256 g/mol. The molecule has 3 heteroatoms. The summed E-state index contributed by atoms with van der Waals surface area (Å²) >= 11 is 2.19. The molecule has 2 rings (SSSR count). The average Bonchev–Trinajstić information content (AvgIpc) is 2.04. The van der Waals surface area contributed by atoms with Crippen LogP contribution in [-0.4, -0.2) is 9.97 Å². The van der Waals surface area contributed by atoms with Crippen molar-refractivity contribution in [2.24, 2.45) is 0 Å². The van der Waals surface area contributed by atoms with Gasteiger partial charge in [-0.3, -0.25) is 4.98 Å². The summed E-state index contributed by atoms with van der Waals surface area (Å²) in [4.78, 5) is 8.46. The molecule has 2 heterocycles. The molecule has 0 atom stereocenters. The van der Waals surface area contributed by atoms with Gasteiger partial charge in [0.25, 0.3) is 0 Å². The average molecular weight is 256 g/mol. The number of hydrogen-bond donors (Lipinski definition) is 0. The molecule has 0 aliphatic carbocycles. The molecular formula is C8H5IN2. The van der Waals surface area contributed by atoms with E-state index in [1.54, 1.807) is 6.20 Å². The highest BCUT2D eigenvalue weighted by Gasteiger charge is 1.93. The highest BCUT2D eigenvalue weighted by molar-refractivity contribution is 14.1. The molecule has 0 radical (unpaired) electrons. The van der Waals surface area contributed by atoms with E-state index < -0.39 is 0 Å². The Kier molecular flexibility index (Phi) is 1.73. The summed E-state index contributed by atoms with van der Waals surface area (Å²) < 4.78 is 1.00. The van der Waals surface area contributed by atoms with Crippen molar-refractivity contribution in [2.75, 3.05) is 0 Å². The molecule has 0 saturated carbocycles. The molecule has 0 saturated heterocycles. The van der Waals surface area contributed by atoms with Crippen molar-refractivity contribution in [2.45, 2.75) is 0 Å². The summed E-state index contributed by atoms with van der Waals surface area (Å²) in [5.41, 5.74) is 1.91. The molecular weight excluding hydrogens is 251 g/mol. The Balaban J connectivity index is 2.83. The molecule has 0 amide bonds. The Morgan fingerprint density at radius 1 is 1.09 bits per heavy atom. The second kappa shape index (κ2) is 2.73. The molecule has 0 N–H and O–H groups in total. The molecule has 2 aromatic heterocycles. The molecule has 2 nitrogen and oxygen atoms in total. The van der Waals surface area contributed by atoms with E-state index in [1.165, 1.54) is 0 Å². The topological polar surface area (TPSA) is 25.8 Å². The first-order chi connectivity index (χ1) is 5.36. The molecule has 0 aromatic carbocycles. The second-order valence-corrected chi connectivity index (χ2v) is 3.28. The van der Waals surface area contributed by atoms with Gasteiger partial charge in [-0.15, -0.1) is 0 Å². The van der Waals surface area contributed by atoms with E-state index in [9.17, 15) is 0 Å². The quantitative estimate of drug-likeness (QED) is 0.533. The molecule has 0 unspecified atom stereocenters. The van der Waals surface area contributed by atoms with Gasteiger partial charge in [0.1, 0.15) is 3.70 Å². The maximum atomic E-state index is 4.30. The summed E-state index contributed by atoms with van der Waals surface area (Å²) in [5.74, 6) is 0. The Labute approximate surface area is 77.8 Å². The lowest BCUT2D eigenvalue weighted by Gasteiger charge is -1.94. The predicted molar refractivity (Wildman–Crippen MR) is 52.3 cm³/mol. The summed E-state index contributed by atoms with van der Waals surface area (Å²) in [6.45, 7) is 0. The van der Waals surface area contributed by atoms with Crippen molar-refractivity contribution in [3.05, 3.63) is 34.2 Å². The number of pyridine rings is 2. The molecule has 11 heavy (non-hydrogen) atoms. The first kappa shape index (κ1) is 6.97. The Bertz CT molecular complexity index is 387. The van der Waals surface area contributed by atoms with Gasteiger partial charge in [0.05, 0.1) is 11.0 Å². The Hall–Kier alpha value is -0.710. The van der Waals surface area contributed by atoms with Crippen LogP contribution in [0.25, 0.3) is 11.0 Å². The minimum Gasteiger partial charge on any atom is -0.255 e. The van der Waals surface area contributed by atoms with Crippen LogP contribution < -0.4 is 0 Å². The normalized spacial score (nSPS) is 10.3. The van der Waals surface area contributed by atoms with Crippen molar-refractivity contribution in [3.63, 3.8) is 0 Å². The van der Waals surface area contributed by atoms with Gasteiger partial charge in [0.2, 0.25) is 0 Å². The first-order valence-corrected chi connectivity index (χ1v) is 4.31. The Morgan fingerprint density at radius 3 is 2.91 bits per heavy atom. The molecule has 2 aromatic rings. The zero-order chi connectivity index (χ0) is 7.68. The van der Waals surface area contributed by atoms with Crippen molar-refractivity contribution < 1.29 is 0 Å². The molecule has 0 aliphatic rings. The number of aromatic nitrogens is 2. The summed E-state index contributed by atoms with van der Waals surface area (Å²) in [6.07, 6.45) is 1.77. The van der Waals surface area contributed by atoms with Crippen LogP contribution in [-0.2, 0) is 0 Å². The first-order valence-electron chi connectivity index (χ1n) is 3.23. The van der Waals surface area contributed by atoms with Crippen LogP contribution in [0.15, 0.2) is 30.5 Å². The van der Waals surface area contributed by atoms with E-state index in [1.807, 2.05) is 24.3 Å². The van der Waals surface area contributed by atoms with Crippen molar-refractivity contribution in [1.82, 2.24) is 9.97 Å². The number of hydrogen-bond acceptors (Lipinski definition) is 2. The van der Waals surface area contributed by atoms with Crippen LogP contribution in [0.2, 0.25) is 0 Å². The van der Waals surface area contributed by atoms with Crippen molar-refractivity contribution in [3.8, 4) is 0 Å². The SMILES string of the molecule is Ic1ccc2ncccc2n1. The molecule has 0 fully saturated rings. The third-order valence-corrected chi connectivity index (χ3v) is 2.02. The second-order valence-electron chi connectivity index (χ2n) is 2.18. The minimum absolute atomic E-state index is 0.952.